The van der Waals surface area contributed by atoms with Gasteiger partial charge in [-0.05, 0) is 45.2 Å². The van der Waals surface area contributed by atoms with Crippen molar-refractivity contribution in [1.29, 1.82) is 0 Å². The van der Waals surface area contributed by atoms with Crippen LogP contribution in [-0.4, -0.2) is 17.0 Å². The summed E-state index contributed by atoms with van der Waals surface area (Å²) in [6, 6.07) is 1.86. The van der Waals surface area contributed by atoms with Gasteiger partial charge in [0.1, 0.15) is 11.4 Å². The second kappa shape index (κ2) is 7.17. The minimum atomic E-state index is -0.723. The van der Waals surface area contributed by atoms with Gasteiger partial charge in [0.05, 0.1) is 6.04 Å². The Kier molecular flexibility index (Phi) is 5.43. The first-order chi connectivity index (χ1) is 11.2. The molecule has 130 valence electrons. The maximum Gasteiger partial charge on any atom is 0.313 e. The Morgan fingerprint density at radius 3 is 2.29 bits per heavy atom. The largest absolute Gasteiger partial charge is 0.359 e. The van der Waals surface area contributed by atoms with Crippen LogP contribution in [0.1, 0.15) is 46.7 Å². The van der Waals surface area contributed by atoms with E-state index in [1.54, 1.807) is 25.2 Å². The fourth-order valence-electron chi connectivity index (χ4n) is 2.60. The number of amides is 2. The zero-order valence-corrected chi connectivity index (χ0v) is 15.6. The predicted octanol–water partition coefficient (Wildman–Crippen LogP) is 3.42. The molecule has 0 saturated heterocycles. The Morgan fingerprint density at radius 1 is 1.17 bits per heavy atom. The van der Waals surface area contributed by atoms with E-state index in [4.69, 9.17) is 4.52 Å². The average Bonchev–Trinajstić information content (AvgIpc) is 2.99. The number of nitrogens with zero attached hydrogens (tertiary/aromatic N) is 1. The number of hydrogen-bond acceptors (Lipinski definition) is 5. The first-order valence-corrected chi connectivity index (χ1v) is 8.64. The lowest BCUT2D eigenvalue weighted by molar-refractivity contribution is -0.136. The highest BCUT2D eigenvalue weighted by atomic mass is 32.1. The van der Waals surface area contributed by atoms with Crippen molar-refractivity contribution in [3.05, 3.63) is 32.8 Å². The van der Waals surface area contributed by atoms with E-state index < -0.39 is 11.8 Å². The van der Waals surface area contributed by atoms with Crippen molar-refractivity contribution in [2.75, 3.05) is 5.32 Å². The molecule has 0 aliphatic heterocycles. The molecule has 0 bridgehead atoms. The van der Waals surface area contributed by atoms with Gasteiger partial charge in [-0.1, -0.05) is 19.0 Å². The lowest BCUT2D eigenvalue weighted by atomic mass is 9.96. The molecule has 2 aromatic rings. The molecule has 2 amide bonds. The fourth-order valence-corrected chi connectivity index (χ4v) is 3.57. The summed E-state index contributed by atoms with van der Waals surface area (Å²) >= 11 is 1.69. The van der Waals surface area contributed by atoms with Crippen LogP contribution in [-0.2, 0) is 9.59 Å². The lowest BCUT2D eigenvalue weighted by Crippen LogP contribution is -2.39. The highest BCUT2D eigenvalue weighted by Gasteiger charge is 2.25. The van der Waals surface area contributed by atoms with Crippen molar-refractivity contribution in [1.82, 2.24) is 10.5 Å². The van der Waals surface area contributed by atoms with E-state index in [0.717, 1.165) is 10.4 Å². The van der Waals surface area contributed by atoms with Crippen molar-refractivity contribution < 1.29 is 14.1 Å². The molecular weight excluding hydrogens is 326 g/mol. The number of thiophene rings is 1. The van der Waals surface area contributed by atoms with E-state index in [-0.39, 0.29) is 12.0 Å². The third-order valence-electron chi connectivity index (χ3n) is 3.85. The van der Waals surface area contributed by atoms with Crippen LogP contribution in [0.2, 0.25) is 0 Å². The van der Waals surface area contributed by atoms with Crippen molar-refractivity contribution in [2.45, 2.75) is 47.6 Å². The molecule has 0 radical (unpaired) electrons. The quantitative estimate of drug-likeness (QED) is 0.828. The van der Waals surface area contributed by atoms with E-state index in [0.29, 0.717) is 17.1 Å². The summed E-state index contributed by atoms with van der Waals surface area (Å²) in [5.74, 6) is -0.761. The van der Waals surface area contributed by atoms with Crippen LogP contribution < -0.4 is 10.6 Å². The van der Waals surface area contributed by atoms with Crippen molar-refractivity contribution in [3.63, 3.8) is 0 Å². The van der Waals surface area contributed by atoms with Gasteiger partial charge in [-0.3, -0.25) is 9.59 Å². The van der Waals surface area contributed by atoms with Gasteiger partial charge in [0.2, 0.25) is 0 Å². The minimum Gasteiger partial charge on any atom is -0.359 e. The fraction of sp³-hybridized carbons (Fsp3) is 0.471. The molecule has 0 aliphatic rings. The Hall–Kier alpha value is -2.15. The zero-order valence-electron chi connectivity index (χ0n) is 14.8. The smallest absolute Gasteiger partial charge is 0.313 e. The van der Waals surface area contributed by atoms with Crippen LogP contribution in [0.4, 0.5) is 5.69 Å². The molecule has 0 fully saturated rings. The van der Waals surface area contributed by atoms with Gasteiger partial charge in [0, 0.05) is 9.75 Å². The van der Waals surface area contributed by atoms with Crippen LogP contribution in [0, 0.1) is 33.6 Å². The molecule has 1 atom stereocenters. The third kappa shape index (κ3) is 3.84. The zero-order chi connectivity index (χ0) is 18.0. The van der Waals surface area contributed by atoms with Gasteiger partial charge in [0.25, 0.3) is 0 Å². The summed E-state index contributed by atoms with van der Waals surface area (Å²) in [4.78, 5) is 26.9. The van der Waals surface area contributed by atoms with E-state index in [1.807, 2.05) is 27.7 Å². The summed E-state index contributed by atoms with van der Waals surface area (Å²) in [6.45, 7) is 11.5. The van der Waals surface area contributed by atoms with Crippen LogP contribution in [0.15, 0.2) is 10.6 Å². The summed E-state index contributed by atoms with van der Waals surface area (Å²) < 4.78 is 4.99. The molecule has 7 heteroatoms. The highest BCUT2D eigenvalue weighted by molar-refractivity contribution is 7.12. The maximum absolute atomic E-state index is 12.3. The number of rotatable bonds is 4. The molecule has 2 rings (SSSR count). The normalized spacial score (nSPS) is 12.3. The highest BCUT2D eigenvalue weighted by Crippen LogP contribution is 2.30. The second-order valence-corrected chi connectivity index (χ2v) is 7.68. The third-order valence-corrected chi connectivity index (χ3v) is 4.83. The van der Waals surface area contributed by atoms with E-state index in [9.17, 15) is 9.59 Å². The number of anilines is 1. The molecule has 24 heavy (non-hydrogen) atoms. The monoisotopic (exact) mass is 349 g/mol. The molecule has 1 unspecified atom stereocenters. The van der Waals surface area contributed by atoms with Crippen molar-refractivity contribution in [3.8, 4) is 0 Å². The molecule has 2 N–H and O–H groups in total. The summed E-state index contributed by atoms with van der Waals surface area (Å²) in [7, 11) is 0. The van der Waals surface area contributed by atoms with Crippen LogP contribution >= 0.6 is 11.3 Å². The van der Waals surface area contributed by atoms with E-state index >= 15 is 0 Å². The van der Waals surface area contributed by atoms with Crippen LogP contribution in [0.25, 0.3) is 0 Å². The number of aromatic nitrogens is 1. The Balaban J connectivity index is 2.13. The number of aryl methyl sites for hydroxylation is 4. The van der Waals surface area contributed by atoms with Gasteiger partial charge in [-0.2, -0.15) is 0 Å². The maximum atomic E-state index is 12.3. The number of carbonyl (C=O) groups excluding carboxylic acids is 2. The van der Waals surface area contributed by atoms with Gasteiger partial charge in [0.15, 0.2) is 5.76 Å². The molecule has 0 aliphatic carbocycles. The topological polar surface area (TPSA) is 84.2 Å². The molecule has 2 aromatic heterocycles. The molecule has 0 saturated carbocycles. The van der Waals surface area contributed by atoms with Crippen LogP contribution in [0.3, 0.4) is 0 Å². The Morgan fingerprint density at radius 2 is 1.83 bits per heavy atom. The van der Waals surface area contributed by atoms with E-state index in [1.165, 1.54) is 4.88 Å². The minimum absolute atomic E-state index is 0.161. The van der Waals surface area contributed by atoms with Crippen LogP contribution in [0.5, 0.6) is 0 Å². The lowest BCUT2D eigenvalue weighted by Gasteiger charge is -2.22. The SMILES string of the molecule is Cc1cc(C(NC(=O)C(=O)Nc2c(C)noc2C)C(C)C)c(C)s1. The number of carbonyl (C=O) groups is 2. The van der Waals surface area contributed by atoms with Gasteiger partial charge in [-0.15, -0.1) is 11.3 Å². The first-order valence-electron chi connectivity index (χ1n) is 7.82. The molecular formula is C17H23N3O3S. The summed E-state index contributed by atoms with van der Waals surface area (Å²) in [5, 5.41) is 9.17. The first kappa shape index (κ1) is 18.2. The van der Waals surface area contributed by atoms with Gasteiger partial charge in [-0.25, -0.2) is 0 Å². The van der Waals surface area contributed by atoms with Crippen molar-refractivity contribution >= 4 is 28.8 Å². The molecule has 2 heterocycles. The second-order valence-electron chi connectivity index (χ2n) is 6.22. The predicted molar refractivity (Wildman–Crippen MR) is 94.1 cm³/mol. The molecule has 0 aromatic carbocycles. The van der Waals surface area contributed by atoms with Crippen molar-refractivity contribution in [2.24, 2.45) is 5.92 Å². The average molecular weight is 349 g/mol. The molecule has 0 spiro atoms. The van der Waals surface area contributed by atoms with Gasteiger partial charge >= 0.3 is 11.8 Å². The Bertz CT molecular complexity index is 742. The Labute approximate surface area is 145 Å². The molecule has 6 nitrogen and oxygen atoms in total. The number of nitrogens with one attached hydrogen (secondary N) is 2. The summed E-state index contributed by atoms with van der Waals surface area (Å²) in [6.07, 6.45) is 0. The van der Waals surface area contributed by atoms with Gasteiger partial charge < -0.3 is 15.2 Å². The van der Waals surface area contributed by atoms with E-state index in [2.05, 4.69) is 21.9 Å². The number of hydrogen-bond donors (Lipinski definition) is 2. The summed E-state index contributed by atoms with van der Waals surface area (Å²) in [5.41, 5.74) is 2.04. The standard InChI is InChI=1S/C17H23N3O3S/c1-8(2)14(13-7-9(3)24-12(13)6)18-16(21)17(22)19-15-10(4)20-23-11(15)5/h7-8,14H,1-6H3,(H,18,21)(H,19,22).